The van der Waals surface area contributed by atoms with Gasteiger partial charge in [0.15, 0.2) is 0 Å². The molecule has 3 aromatic heterocycles. The van der Waals surface area contributed by atoms with Gasteiger partial charge in [0.25, 0.3) is 5.91 Å². The predicted molar refractivity (Wildman–Crippen MR) is 146 cm³/mol. The minimum Gasteiger partial charge on any atom is -0.355 e. The van der Waals surface area contributed by atoms with E-state index in [-0.39, 0.29) is 18.4 Å². The molecular formula is C25H26ClN3O2S3. The van der Waals surface area contributed by atoms with Gasteiger partial charge in [0, 0.05) is 36.8 Å². The summed E-state index contributed by atoms with van der Waals surface area (Å²) in [6, 6.07) is 12.6. The summed E-state index contributed by atoms with van der Waals surface area (Å²) in [6.45, 7) is 2.36. The molecular weight excluding hydrogens is 506 g/mol. The molecule has 3 aromatic rings. The molecule has 5 nitrogen and oxygen atoms in total. The maximum atomic E-state index is 12.9. The van der Waals surface area contributed by atoms with Gasteiger partial charge in [0.1, 0.15) is 18.1 Å². The molecule has 178 valence electrons. The van der Waals surface area contributed by atoms with Crippen LogP contribution in [0.5, 0.6) is 0 Å². The first-order valence-electron chi connectivity index (χ1n) is 11.2. The van der Waals surface area contributed by atoms with Crippen molar-refractivity contribution in [1.82, 2.24) is 10.2 Å². The highest BCUT2D eigenvalue weighted by atomic mass is 35.5. The lowest BCUT2D eigenvalue weighted by molar-refractivity contribution is -0.129. The van der Waals surface area contributed by atoms with Gasteiger partial charge in [-0.25, -0.2) is 4.99 Å². The van der Waals surface area contributed by atoms with E-state index in [9.17, 15) is 9.59 Å². The van der Waals surface area contributed by atoms with Crippen LogP contribution in [0.2, 0.25) is 0 Å². The number of unbranched alkanes of at least 4 members (excludes halogenated alkanes) is 3. The van der Waals surface area contributed by atoms with Crippen LogP contribution in [0, 0.1) is 0 Å². The number of aliphatic imine (C=N–C) groups is 1. The van der Waals surface area contributed by atoms with E-state index in [1.54, 1.807) is 40.9 Å². The van der Waals surface area contributed by atoms with Crippen LogP contribution in [-0.2, 0) is 9.59 Å². The Balaban J connectivity index is 1.34. The van der Waals surface area contributed by atoms with E-state index in [0.717, 1.165) is 35.4 Å². The van der Waals surface area contributed by atoms with Crippen molar-refractivity contribution < 1.29 is 9.59 Å². The molecule has 0 atom stereocenters. The molecule has 0 aliphatic carbocycles. The molecule has 0 bridgehead atoms. The van der Waals surface area contributed by atoms with E-state index in [1.807, 2.05) is 12.1 Å². The molecule has 4 heterocycles. The Bertz CT molecular complexity index is 1190. The van der Waals surface area contributed by atoms with Crippen LogP contribution < -0.4 is 5.32 Å². The Morgan fingerprint density at radius 1 is 1.03 bits per heavy atom. The summed E-state index contributed by atoms with van der Waals surface area (Å²) in [4.78, 5) is 36.9. The third-order valence-corrected chi connectivity index (χ3v) is 8.99. The average Bonchev–Trinajstić information content (AvgIpc) is 3.61. The van der Waals surface area contributed by atoms with Gasteiger partial charge >= 0.3 is 0 Å². The second-order valence-corrected chi connectivity index (χ2v) is 11.4. The third-order valence-electron chi connectivity index (χ3n) is 5.34. The molecule has 0 saturated carbocycles. The number of carbonyl (C=O) groups excluding carboxylic acids is 2. The second-order valence-electron chi connectivity index (χ2n) is 7.88. The monoisotopic (exact) mass is 531 g/mol. The number of nitrogens with one attached hydrogen (secondary N) is 1. The zero-order chi connectivity index (χ0) is 23.9. The molecule has 0 aromatic carbocycles. The van der Waals surface area contributed by atoms with Crippen molar-refractivity contribution >= 4 is 69.3 Å². The first-order valence-corrected chi connectivity index (χ1v) is 14.3. The summed E-state index contributed by atoms with van der Waals surface area (Å²) in [7, 11) is 0. The molecule has 0 spiro atoms. The normalized spacial score (nSPS) is 14.8. The molecule has 4 rings (SSSR count). The van der Waals surface area contributed by atoms with Crippen LogP contribution in [0.15, 0.2) is 52.5 Å². The van der Waals surface area contributed by atoms with E-state index in [4.69, 9.17) is 11.6 Å². The maximum absolute atomic E-state index is 12.9. The molecule has 0 saturated heterocycles. The second kappa shape index (κ2) is 11.9. The lowest BCUT2D eigenvalue weighted by atomic mass is 10.2. The predicted octanol–water partition coefficient (Wildman–Crippen LogP) is 6.72. The van der Waals surface area contributed by atoms with E-state index in [2.05, 4.69) is 46.0 Å². The summed E-state index contributed by atoms with van der Waals surface area (Å²) in [6.07, 6.45) is 5.82. The number of alkyl halides is 1. The number of amides is 2. The van der Waals surface area contributed by atoms with Crippen molar-refractivity contribution in [2.24, 2.45) is 4.99 Å². The fourth-order valence-corrected chi connectivity index (χ4v) is 6.63. The van der Waals surface area contributed by atoms with Crippen LogP contribution in [0.3, 0.4) is 0 Å². The minimum absolute atomic E-state index is 0.0103. The van der Waals surface area contributed by atoms with E-state index >= 15 is 0 Å². The number of hydrogen-bond donors (Lipinski definition) is 1. The fraction of sp³-hybridized carbons (Fsp3) is 0.320. The Labute approximate surface area is 216 Å². The molecule has 1 aliphatic rings. The average molecular weight is 532 g/mol. The third kappa shape index (κ3) is 6.24. The summed E-state index contributed by atoms with van der Waals surface area (Å²) >= 11 is 10.8. The molecule has 0 radical (unpaired) electrons. The molecule has 9 heteroatoms. The first kappa shape index (κ1) is 24.9. The number of hydrogen-bond acceptors (Lipinski definition) is 6. The smallest absolute Gasteiger partial charge is 0.278 e. The quantitative estimate of drug-likeness (QED) is 0.169. The number of thiophene rings is 3. The summed E-state index contributed by atoms with van der Waals surface area (Å²) < 4.78 is 0. The van der Waals surface area contributed by atoms with Crippen LogP contribution in [0.25, 0.3) is 25.6 Å². The zero-order valence-electron chi connectivity index (χ0n) is 18.9. The highest BCUT2D eigenvalue weighted by Gasteiger charge is 2.29. The zero-order valence-corrected chi connectivity index (χ0v) is 22.1. The number of amidine groups is 1. The van der Waals surface area contributed by atoms with Crippen LogP contribution in [0.1, 0.15) is 37.5 Å². The summed E-state index contributed by atoms with van der Waals surface area (Å²) in [5, 5.41) is 4.98. The summed E-state index contributed by atoms with van der Waals surface area (Å²) in [5.41, 5.74) is 0.366. The SMILES string of the molecule is CC1=N/C(=C/c2ccc(-c3ccc(-c4cccs4)s3)s2)C(=O)N1CC(=O)NCCCCCCCl. The van der Waals surface area contributed by atoms with Crippen molar-refractivity contribution in [3.63, 3.8) is 0 Å². The number of rotatable bonds is 11. The van der Waals surface area contributed by atoms with Gasteiger partial charge in [-0.15, -0.1) is 45.6 Å². The van der Waals surface area contributed by atoms with Gasteiger partial charge in [-0.3, -0.25) is 14.5 Å². The molecule has 34 heavy (non-hydrogen) atoms. The molecule has 0 unspecified atom stereocenters. The standard InChI is InChI=1S/C25H26ClN3O2S3/c1-17-28-19(25(31)29(17)16-24(30)27-13-5-3-2-4-12-26)15-18-8-9-22(33-18)23-11-10-21(34-23)20-7-6-14-32-20/h6-11,14-15H,2-5,12-13,16H2,1H3,(H,27,30)/b19-15+. The first-order chi connectivity index (χ1) is 16.5. The van der Waals surface area contributed by atoms with Gasteiger partial charge in [0.05, 0.1) is 0 Å². The molecule has 1 N–H and O–H groups in total. The van der Waals surface area contributed by atoms with Gasteiger partial charge in [-0.1, -0.05) is 18.9 Å². The Morgan fingerprint density at radius 2 is 1.76 bits per heavy atom. The van der Waals surface area contributed by atoms with Gasteiger partial charge < -0.3 is 5.32 Å². The highest BCUT2D eigenvalue weighted by molar-refractivity contribution is 7.26. The molecule has 2 amide bonds. The van der Waals surface area contributed by atoms with Crippen molar-refractivity contribution in [3.05, 3.63) is 52.4 Å². The fourth-order valence-electron chi connectivity index (χ4n) is 3.57. The number of nitrogens with zero attached hydrogens (tertiary/aromatic N) is 2. The summed E-state index contributed by atoms with van der Waals surface area (Å²) in [5.74, 6) is 0.819. The van der Waals surface area contributed by atoms with Gasteiger partial charge in [-0.2, -0.15) is 0 Å². The molecule has 0 fully saturated rings. The van der Waals surface area contributed by atoms with Gasteiger partial charge in [-0.05, 0) is 61.6 Å². The highest BCUT2D eigenvalue weighted by Crippen LogP contribution is 2.39. The number of carbonyl (C=O) groups is 2. The van der Waals surface area contributed by atoms with Crippen molar-refractivity contribution in [2.75, 3.05) is 19.0 Å². The lowest BCUT2D eigenvalue weighted by Crippen LogP contribution is -2.40. The van der Waals surface area contributed by atoms with E-state index < -0.39 is 0 Å². The van der Waals surface area contributed by atoms with Crippen molar-refractivity contribution in [3.8, 4) is 19.5 Å². The van der Waals surface area contributed by atoms with Crippen LogP contribution in [-0.4, -0.2) is 41.5 Å². The van der Waals surface area contributed by atoms with E-state index in [0.29, 0.717) is 24.0 Å². The minimum atomic E-state index is -0.235. The topological polar surface area (TPSA) is 61.8 Å². The largest absolute Gasteiger partial charge is 0.355 e. The maximum Gasteiger partial charge on any atom is 0.278 e. The Morgan fingerprint density at radius 3 is 2.53 bits per heavy atom. The van der Waals surface area contributed by atoms with Gasteiger partial charge in [0.2, 0.25) is 5.91 Å². The number of halogens is 1. The van der Waals surface area contributed by atoms with Crippen molar-refractivity contribution in [2.45, 2.75) is 32.6 Å². The van der Waals surface area contributed by atoms with Crippen LogP contribution >= 0.6 is 45.6 Å². The van der Waals surface area contributed by atoms with E-state index in [1.165, 1.54) is 19.5 Å². The van der Waals surface area contributed by atoms with Crippen LogP contribution in [0.4, 0.5) is 0 Å². The molecule has 1 aliphatic heterocycles. The van der Waals surface area contributed by atoms with Crippen molar-refractivity contribution in [1.29, 1.82) is 0 Å². The Hall–Kier alpha value is -2.26. The Kier molecular flexibility index (Phi) is 8.72. The lowest BCUT2D eigenvalue weighted by Gasteiger charge is -2.15.